The van der Waals surface area contributed by atoms with Crippen LogP contribution in [0, 0.1) is 10.1 Å². The molecule has 2 aromatic carbocycles. The molecule has 0 unspecified atom stereocenters. The minimum Gasteiger partial charge on any atom is -0.382 e. The van der Waals surface area contributed by atoms with Crippen LogP contribution in [0.2, 0.25) is 0 Å². The van der Waals surface area contributed by atoms with Crippen LogP contribution in [-0.4, -0.2) is 27.7 Å². The van der Waals surface area contributed by atoms with Gasteiger partial charge in [0.15, 0.2) is 5.82 Å². The number of nitrogen functional groups attached to an aromatic ring is 1. The summed E-state index contributed by atoms with van der Waals surface area (Å²) >= 11 is 0. The molecule has 0 radical (unpaired) electrons. The van der Waals surface area contributed by atoms with Crippen LogP contribution in [0.3, 0.4) is 0 Å². The van der Waals surface area contributed by atoms with Crippen LogP contribution in [0.25, 0.3) is 5.69 Å². The molecule has 0 aliphatic rings. The summed E-state index contributed by atoms with van der Waals surface area (Å²) in [6, 6.07) is 10.8. The molecule has 3 aromatic rings. The zero-order chi connectivity index (χ0) is 19.6. The second kappa shape index (κ2) is 6.93. The number of anilines is 1. The number of hydrogen-bond acceptors (Lipinski definition) is 8. The number of benzene rings is 2. The third-order valence-corrected chi connectivity index (χ3v) is 4.37. The molecular weight excluding hydrogens is 376 g/mol. The topological polar surface area (TPSA) is 166 Å². The van der Waals surface area contributed by atoms with Crippen LogP contribution < -0.4 is 5.73 Å². The number of nitrogens with two attached hydrogens (primary N) is 1. The standard InChI is InChI=1S/C15H12N6O5S/c16-15-14(19-18-10-1-7-13(8-2-10)27(24,25)26)9-17-20(15)11-3-5-12(6-4-11)21(22)23/h1-9H,16H2,(H,24,25,26)/b19-18+. The van der Waals surface area contributed by atoms with E-state index >= 15 is 0 Å². The highest BCUT2D eigenvalue weighted by molar-refractivity contribution is 7.85. The molecule has 0 saturated carbocycles. The van der Waals surface area contributed by atoms with Crippen molar-refractivity contribution in [1.29, 1.82) is 0 Å². The van der Waals surface area contributed by atoms with E-state index in [-0.39, 0.29) is 22.1 Å². The maximum Gasteiger partial charge on any atom is 0.294 e. The fraction of sp³-hybridized carbons (Fsp3) is 0. The van der Waals surface area contributed by atoms with Crippen molar-refractivity contribution in [2.45, 2.75) is 4.90 Å². The maximum atomic E-state index is 11.0. The van der Waals surface area contributed by atoms with Gasteiger partial charge in [0.2, 0.25) is 0 Å². The van der Waals surface area contributed by atoms with Crippen LogP contribution in [0.4, 0.5) is 22.9 Å². The van der Waals surface area contributed by atoms with Crippen molar-refractivity contribution in [2.24, 2.45) is 10.2 Å². The van der Waals surface area contributed by atoms with Crippen LogP contribution in [0.1, 0.15) is 0 Å². The average molecular weight is 388 g/mol. The number of non-ortho nitro benzene ring substituents is 1. The minimum atomic E-state index is -4.28. The average Bonchev–Trinajstić information content (AvgIpc) is 3.00. The van der Waals surface area contributed by atoms with Crippen molar-refractivity contribution in [3.63, 3.8) is 0 Å². The molecule has 1 aromatic heterocycles. The van der Waals surface area contributed by atoms with E-state index in [1.165, 1.54) is 59.4 Å². The molecule has 0 amide bonds. The second-order valence-electron chi connectivity index (χ2n) is 5.27. The highest BCUT2D eigenvalue weighted by atomic mass is 32.2. The smallest absolute Gasteiger partial charge is 0.294 e. The molecule has 0 saturated heterocycles. The summed E-state index contributed by atoms with van der Waals surface area (Å²) in [6.07, 6.45) is 1.37. The van der Waals surface area contributed by atoms with Crippen LogP contribution in [0.15, 0.2) is 69.9 Å². The number of nitro groups is 1. The molecule has 0 spiro atoms. The molecule has 138 valence electrons. The SMILES string of the molecule is Nc1c(/N=N/c2ccc(S(=O)(=O)O)cc2)cnn1-c1ccc([N+](=O)[O-])cc1. The predicted octanol–water partition coefficient (Wildman–Crippen LogP) is 3.02. The van der Waals surface area contributed by atoms with E-state index in [0.717, 1.165) is 0 Å². The monoisotopic (exact) mass is 388 g/mol. The Hall–Kier alpha value is -3.64. The van der Waals surface area contributed by atoms with E-state index in [2.05, 4.69) is 15.3 Å². The molecule has 1 heterocycles. The van der Waals surface area contributed by atoms with Gasteiger partial charge in [0.25, 0.3) is 15.8 Å². The quantitative estimate of drug-likeness (QED) is 0.293. The van der Waals surface area contributed by atoms with Crippen molar-refractivity contribution < 1.29 is 17.9 Å². The highest BCUT2D eigenvalue weighted by Crippen LogP contribution is 2.27. The van der Waals surface area contributed by atoms with Crippen LogP contribution in [0.5, 0.6) is 0 Å². The number of azo groups is 1. The Labute approximate surface area is 152 Å². The first kappa shape index (κ1) is 18.2. The number of nitrogens with zero attached hydrogens (tertiary/aromatic N) is 5. The Morgan fingerprint density at radius 3 is 2.26 bits per heavy atom. The summed E-state index contributed by atoms with van der Waals surface area (Å²) in [5.41, 5.74) is 7.03. The molecule has 27 heavy (non-hydrogen) atoms. The van der Waals surface area contributed by atoms with Gasteiger partial charge in [0, 0.05) is 12.1 Å². The Balaban J connectivity index is 1.83. The summed E-state index contributed by atoms with van der Waals surface area (Å²) < 4.78 is 32.3. The molecule has 3 rings (SSSR count). The first-order chi connectivity index (χ1) is 12.8. The Morgan fingerprint density at radius 1 is 1.07 bits per heavy atom. The Bertz CT molecular complexity index is 1120. The van der Waals surface area contributed by atoms with Crippen molar-refractivity contribution in [2.75, 3.05) is 5.73 Å². The first-order valence-electron chi connectivity index (χ1n) is 7.33. The molecule has 11 nitrogen and oxygen atoms in total. The first-order valence-corrected chi connectivity index (χ1v) is 8.77. The van der Waals surface area contributed by atoms with Crippen molar-refractivity contribution in [3.8, 4) is 5.69 Å². The summed E-state index contributed by atoms with van der Waals surface area (Å²) in [5.74, 6) is 0.169. The Morgan fingerprint density at radius 2 is 1.70 bits per heavy atom. The molecule has 0 aliphatic heterocycles. The van der Waals surface area contributed by atoms with E-state index in [1.807, 2.05) is 0 Å². The van der Waals surface area contributed by atoms with Crippen molar-refractivity contribution in [1.82, 2.24) is 9.78 Å². The summed E-state index contributed by atoms with van der Waals surface area (Å²) in [6.45, 7) is 0. The number of nitro benzene ring substituents is 1. The van der Waals surface area contributed by atoms with Gasteiger partial charge in [0.1, 0.15) is 5.69 Å². The van der Waals surface area contributed by atoms with Gasteiger partial charge < -0.3 is 5.73 Å². The maximum absolute atomic E-state index is 11.0. The van der Waals surface area contributed by atoms with E-state index in [9.17, 15) is 18.5 Å². The number of hydrogen-bond donors (Lipinski definition) is 2. The molecule has 0 fully saturated rings. The fourth-order valence-corrected chi connectivity index (χ4v) is 2.62. The Kier molecular flexibility index (Phi) is 4.66. The molecule has 0 bridgehead atoms. The number of rotatable bonds is 5. The molecule has 0 atom stereocenters. The van der Waals surface area contributed by atoms with Gasteiger partial charge in [-0.2, -0.15) is 18.6 Å². The van der Waals surface area contributed by atoms with E-state index in [1.54, 1.807) is 0 Å². The highest BCUT2D eigenvalue weighted by Gasteiger charge is 2.11. The molecule has 12 heteroatoms. The van der Waals surface area contributed by atoms with Gasteiger partial charge in [-0.25, -0.2) is 4.68 Å². The van der Waals surface area contributed by atoms with Crippen molar-refractivity contribution >= 4 is 33.0 Å². The van der Waals surface area contributed by atoms with Gasteiger partial charge >= 0.3 is 0 Å². The largest absolute Gasteiger partial charge is 0.382 e. The summed E-state index contributed by atoms with van der Waals surface area (Å²) in [7, 11) is -4.28. The minimum absolute atomic E-state index is 0.0577. The van der Waals surface area contributed by atoms with E-state index in [0.29, 0.717) is 11.4 Å². The van der Waals surface area contributed by atoms with Gasteiger partial charge in [-0.15, -0.1) is 5.11 Å². The zero-order valence-electron chi connectivity index (χ0n) is 13.5. The fourth-order valence-electron chi connectivity index (χ4n) is 2.14. The lowest BCUT2D eigenvalue weighted by atomic mass is 10.3. The van der Waals surface area contributed by atoms with E-state index in [4.69, 9.17) is 10.3 Å². The van der Waals surface area contributed by atoms with Gasteiger partial charge in [-0.3, -0.25) is 14.7 Å². The second-order valence-corrected chi connectivity index (χ2v) is 6.69. The third kappa shape index (κ3) is 3.96. The molecule has 0 aliphatic carbocycles. The van der Waals surface area contributed by atoms with Crippen LogP contribution >= 0.6 is 0 Å². The summed E-state index contributed by atoms with van der Waals surface area (Å²) in [4.78, 5) is 9.93. The van der Waals surface area contributed by atoms with Crippen LogP contribution in [-0.2, 0) is 10.1 Å². The molecular formula is C15H12N6O5S. The lowest BCUT2D eigenvalue weighted by molar-refractivity contribution is -0.384. The number of aromatic nitrogens is 2. The molecule has 3 N–H and O–H groups in total. The lowest BCUT2D eigenvalue weighted by Crippen LogP contribution is -2.01. The van der Waals surface area contributed by atoms with Gasteiger partial charge in [-0.1, -0.05) is 0 Å². The predicted molar refractivity (Wildman–Crippen MR) is 95.1 cm³/mol. The van der Waals surface area contributed by atoms with E-state index < -0.39 is 15.0 Å². The summed E-state index contributed by atoms with van der Waals surface area (Å²) in [5, 5.41) is 22.7. The van der Waals surface area contributed by atoms with Gasteiger partial charge in [0.05, 0.1) is 27.4 Å². The zero-order valence-corrected chi connectivity index (χ0v) is 14.3. The van der Waals surface area contributed by atoms with Gasteiger partial charge in [-0.05, 0) is 36.4 Å². The third-order valence-electron chi connectivity index (χ3n) is 3.50. The normalized spacial score (nSPS) is 11.7. The lowest BCUT2D eigenvalue weighted by Gasteiger charge is -2.03. The van der Waals surface area contributed by atoms with Crippen molar-refractivity contribution in [3.05, 3.63) is 64.8 Å².